The van der Waals surface area contributed by atoms with Gasteiger partial charge in [-0.25, -0.2) is 0 Å². The molecule has 0 spiro atoms. The summed E-state index contributed by atoms with van der Waals surface area (Å²) in [5, 5.41) is 2.15. The molecular weight excluding hydrogens is 296 g/mol. The Labute approximate surface area is 116 Å². The van der Waals surface area contributed by atoms with E-state index in [1.807, 2.05) is 11.3 Å². The average molecular weight is 317 g/mol. The molecule has 0 radical (unpaired) electrons. The van der Waals surface area contributed by atoms with Gasteiger partial charge in [0.2, 0.25) is 0 Å². The largest absolute Gasteiger partial charge is 0.326 e. The molecule has 0 aromatic carbocycles. The second-order valence-corrected chi connectivity index (χ2v) is 7.64. The van der Waals surface area contributed by atoms with Gasteiger partial charge in [0, 0.05) is 26.3 Å². The van der Waals surface area contributed by atoms with Gasteiger partial charge in [-0.05, 0) is 62.2 Å². The van der Waals surface area contributed by atoms with Crippen LogP contribution in [0.4, 0.5) is 0 Å². The number of nitrogens with zero attached hydrogens (tertiary/aromatic N) is 1. The van der Waals surface area contributed by atoms with Gasteiger partial charge in [0.15, 0.2) is 0 Å². The van der Waals surface area contributed by atoms with Gasteiger partial charge in [-0.15, -0.1) is 11.3 Å². The first-order valence-electron chi connectivity index (χ1n) is 6.16. The lowest BCUT2D eigenvalue weighted by molar-refractivity contribution is 0.0402. The van der Waals surface area contributed by atoms with Crippen LogP contribution in [0.3, 0.4) is 0 Å². The molecule has 1 aliphatic rings. The molecule has 4 heteroatoms. The van der Waals surface area contributed by atoms with Gasteiger partial charge < -0.3 is 5.73 Å². The number of likely N-dealkylation sites (tertiary alicyclic amines) is 1. The van der Waals surface area contributed by atoms with E-state index in [1.165, 1.54) is 15.8 Å². The molecule has 2 unspecified atom stereocenters. The summed E-state index contributed by atoms with van der Waals surface area (Å²) in [6.45, 7) is 7.99. The van der Waals surface area contributed by atoms with E-state index in [9.17, 15) is 0 Å². The maximum absolute atomic E-state index is 6.36. The zero-order valence-electron chi connectivity index (χ0n) is 10.7. The number of nitrogens with two attached hydrogens (primary N) is 1. The highest BCUT2D eigenvalue weighted by atomic mass is 79.9. The number of hydrogen-bond donors (Lipinski definition) is 1. The van der Waals surface area contributed by atoms with E-state index in [2.05, 4.69) is 53.0 Å². The van der Waals surface area contributed by atoms with Gasteiger partial charge >= 0.3 is 0 Å². The Morgan fingerprint density at radius 2 is 2.18 bits per heavy atom. The number of halogens is 1. The first kappa shape index (κ1) is 13.5. The molecule has 2 heterocycles. The van der Waals surface area contributed by atoms with E-state index in [0.717, 1.165) is 13.0 Å². The predicted octanol–water partition coefficient (Wildman–Crippen LogP) is 3.77. The van der Waals surface area contributed by atoms with Crippen molar-refractivity contribution in [2.75, 3.05) is 6.54 Å². The fourth-order valence-corrected chi connectivity index (χ4v) is 4.26. The molecule has 1 aromatic heterocycles. The lowest BCUT2D eigenvalue weighted by Crippen LogP contribution is -2.53. The van der Waals surface area contributed by atoms with E-state index >= 15 is 0 Å². The van der Waals surface area contributed by atoms with E-state index in [1.54, 1.807) is 0 Å². The number of thiophene rings is 1. The Bertz CT molecular complexity index is 383. The Morgan fingerprint density at radius 3 is 2.71 bits per heavy atom. The third-order valence-electron chi connectivity index (χ3n) is 3.42. The summed E-state index contributed by atoms with van der Waals surface area (Å²) >= 11 is 5.35. The van der Waals surface area contributed by atoms with Crippen LogP contribution in [0.15, 0.2) is 15.9 Å². The summed E-state index contributed by atoms with van der Waals surface area (Å²) < 4.78 is 1.17. The van der Waals surface area contributed by atoms with Crippen LogP contribution < -0.4 is 5.73 Å². The third-order valence-corrected chi connectivity index (χ3v) is 5.18. The summed E-state index contributed by atoms with van der Waals surface area (Å²) in [5.74, 6) is 0. The van der Waals surface area contributed by atoms with E-state index in [-0.39, 0.29) is 11.6 Å². The summed E-state index contributed by atoms with van der Waals surface area (Å²) in [6.07, 6.45) is 2.34. The molecule has 0 bridgehead atoms. The first-order valence-corrected chi connectivity index (χ1v) is 7.83. The molecule has 2 atom stereocenters. The Kier molecular flexibility index (Phi) is 3.98. The molecule has 0 saturated carbocycles. The summed E-state index contributed by atoms with van der Waals surface area (Å²) in [4.78, 5) is 3.94. The Balaban J connectivity index is 2.31. The number of piperidine rings is 1. The van der Waals surface area contributed by atoms with Crippen molar-refractivity contribution in [3.8, 4) is 0 Å². The maximum atomic E-state index is 6.36. The van der Waals surface area contributed by atoms with Gasteiger partial charge in [0.25, 0.3) is 0 Å². The van der Waals surface area contributed by atoms with Gasteiger partial charge in [0.1, 0.15) is 0 Å². The van der Waals surface area contributed by atoms with Crippen LogP contribution in [0.2, 0.25) is 0 Å². The van der Waals surface area contributed by atoms with Crippen molar-refractivity contribution in [3.05, 3.63) is 20.8 Å². The Morgan fingerprint density at radius 1 is 1.47 bits per heavy atom. The topological polar surface area (TPSA) is 29.3 Å². The van der Waals surface area contributed by atoms with Crippen molar-refractivity contribution in [3.63, 3.8) is 0 Å². The molecule has 2 nitrogen and oxygen atoms in total. The molecular formula is C13H21BrN2S. The smallest absolute Gasteiger partial charge is 0.0598 e. The van der Waals surface area contributed by atoms with Crippen molar-refractivity contribution >= 4 is 27.3 Å². The molecule has 2 N–H and O–H groups in total. The van der Waals surface area contributed by atoms with Crippen molar-refractivity contribution in [1.29, 1.82) is 0 Å². The van der Waals surface area contributed by atoms with Crippen LogP contribution in [0, 0.1) is 0 Å². The maximum Gasteiger partial charge on any atom is 0.0598 e. The van der Waals surface area contributed by atoms with E-state index in [0.29, 0.717) is 6.04 Å². The van der Waals surface area contributed by atoms with Crippen LogP contribution in [0.1, 0.15) is 44.5 Å². The standard InChI is InChI=1S/C13H21BrN2S/c1-13(2,3)16-6-4-5-10(15)12(16)11-7-9(14)8-17-11/h7-8,10,12H,4-6,15H2,1-3H3. The van der Waals surface area contributed by atoms with Crippen LogP contribution in [0.5, 0.6) is 0 Å². The van der Waals surface area contributed by atoms with Gasteiger partial charge in [0.05, 0.1) is 6.04 Å². The van der Waals surface area contributed by atoms with Crippen LogP contribution in [-0.4, -0.2) is 23.0 Å². The zero-order valence-corrected chi connectivity index (χ0v) is 13.1. The number of rotatable bonds is 1. The van der Waals surface area contributed by atoms with Gasteiger partial charge in [-0.3, -0.25) is 4.90 Å². The molecule has 1 saturated heterocycles. The van der Waals surface area contributed by atoms with Crippen molar-refractivity contribution in [2.24, 2.45) is 5.73 Å². The summed E-state index contributed by atoms with van der Waals surface area (Å²) in [7, 11) is 0. The first-order chi connectivity index (χ1) is 7.89. The second-order valence-electron chi connectivity index (χ2n) is 5.78. The highest BCUT2D eigenvalue weighted by molar-refractivity contribution is 9.10. The highest BCUT2D eigenvalue weighted by Crippen LogP contribution is 2.38. The van der Waals surface area contributed by atoms with Crippen molar-refractivity contribution < 1.29 is 0 Å². The second kappa shape index (κ2) is 5.00. The molecule has 0 amide bonds. The minimum absolute atomic E-state index is 0.180. The normalized spacial score (nSPS) is 27.4. The van der Waals surface area contributed by atoms with Crippen molar-refractivity contribution in [1.82, 2.24) is 4.90 Å². The van der Waals surface area contributed by atoms with E-state index < -0.39 is 0 Å². The average Bonchev–Trinajstić information content (AvgIpc) is 2.63. The minimum atomic E-state index is 0.180. The molecule has 0 aliphatic carbocycles. The van der Waals surface area contributed by atoms with Crippen molar-refractivity contribution in [2.45, 2.75) is 51.2 Å². The number of hydrogen-bond acceptors (Lipinski definition) is 3. The quantitative estimate of drug-likeness (QED) is 0.854. The molecule has 1 aliphatic heterocycles. The third kappa shape index (κ3) is 2.92. The molecule has 96 valence electrons. The minimum Gasteiger partial charge on any atom is -0.326 e. The lowest BCUT2D eigenvalue weighted by atomic mass is 9.90. The Hall–Kier alpha value is 0.1000. The van der Waals surface area contributed by atoms with Gasteiger partial charge in [-0.2, -0.15) is 0 Å². The fraction of sp³-hybridized carbons (Fsp3) is 0.692. The summed E-state index contributed by atoms with van der Waals surface area (Å²) in [5.41, 5.74) is 6.54. The predicted molar refractivity (Wildman–Crippen MR) is 78.4 cm³/mol. The zero-order chi connectivity index (χ0) is 12.6. The molecule has 1 aromatic rings. The molecule has 2 rings (SSSR count). The SMILES string of the molecule is CC(C)(C)N1CCCC(N)C1c1cc(Br)cs1. The fourth-order valence-electron chi connectivity index (χ4n) is 2.63. The molecule has 1 fully saturated rings. The van der Waals surface area contributed by atoms with Crippen LogP contribution >= 0.6 is 27.3 Å². The monoisotopic (exact) mass is 316 g/mol. The van der Waals surface area contributed by atoms with Crippen LogP contribution in [-0.2, 0) is 0 Å². The summed E-state index contributed by atoms with van der Waals surface area (Å²) in [6, 6.07) is 2.85. The van der Waals surface area contributed by atoms with E-state index in [4.69, 9.17) is 5.73 Å². The van der Waals surface area contributed by atoms with Crippen LogP contribution in [0.25, 0.3) is 0 Å². The highest BCUT2D eigenvalue weighted by Gasteiger charge is 2.37. The van der Waals surface area contributed by atoms with Gasteiger partial charge in [-0.1, -0.05) is 0 Å². The lowest BCUT2D eigenvalue weighted by Gasteiger charge is -2.47. The molecule has 17 heavy (non-hydrogen) atoms.